The van der Waals surface area contributed by atoms with Crippen LogP contribution in [0.4, 0.5) is 0 Å². The molecule has 6 heteroatoms. The highest BCUT2D eigenvalue weighted by Gasteiger charge is 2.33. The first-order chi connectivity index (χ1) is 16.3. The van der Waals surface area contributed by atoms with E-state index in [0.29, 0.717) is 18.8 Å². The van der Waals surface area contributed by atoms with E-state index in [9.17, 15) is 9.59 Å². The lowest BCUT2D eigenvalue weighted by molar-refractivity contribution is -0.137. The minimum Gasteiger partial charge on any atom is -0.481 e. The molecule has 0 saturated heterocycles. The summed E-state index contributed by atoms with van der Waals surface area (Å²) in [4.78, 5) is 29.5. The topological polar surface area (TPSA) is 63.0 Å². The van der Waals surface area contributed by atoms with Gasteiger partial charge in [-0.15, -0.1) is 0 Å². The summed E-state index contributed by atoms with van der Waals surface area (Å²) in [5.74, 6) is 1.25. The minimum absolute atomic E-state index is 0.0884. The summed E-state index contributed by atoms with van der Waals surface area (Å²) in [5, 5.41) is 0. The first-order valence-electron chi connectivity index (χ1n) is 11.8. The fourth-order valence-corrected chi connectivity index (χ4v) is 4.51. The van der Waals surface area contributed by atoms with Crippen LogP contribution in [0.3, 0.4) is 0 Å². The second-order valence-corrected chi connectivity index (χ2v) is 9.14. The Hall–Kier alpha value is -3.54. The number of carbonyl (C=O) groups is 2. The lowest BCUT2D eigenvalue weighted by Crippen LogP contribution is -2.42. The third kappa shape index (κ3) is 5.01. The average molecular weight is 461 g/mol. The molecular formula is C28H32N2O4. The maximum absolute atomic E-state index is 13.1. The van der Waals surface area contributed by atoms with Gasteiger partial charge in [-0.25, -0.2) is 0 Å². The van der Waals surface area contributed by atoms with Gasteiger partial charge in [0.15, 0.2) is 6.10 Å². The molecule has 0 unspecified atom stereocenters. The second-order valence-electron chi connectivity index (χ2n) is 9.14. The number of carbonyl (C=O) groups excluding carboxylic acids is 2. The Balaban J connectivity index is 1.58. The molecule has 2 amide bonds. The van der Waals surface area contributed by atoms with Crippen LogP contribution in [0.5, 0.6) is 5.75 Å². The Morgan fingerprint density at radius 3 is 2.53 bits per heavy atom. The van der Waals surface area contributed by atoms with E-state index in [1.165, 1.54) is 5.56 Å². The molecule has 0 saturated carbocycles. The SMILES string of the molecule is CC(C)C(=O)N1CCc2ccc(O[C@@H](C)C(=O)N(C)Cc3ccco3)cc2[C@H]1c1ccccc1. The van der Waals surface area contributed by atoms with Crippen molar-refractivity contribution in [3.63, 3.8) is 0 Å². The Bertz CT molecular complexity index is 1120. The van der Waals surface area contributed by atoms with Gasteiger partial charge < -0.3 is 19.0 Å². The Morgan fingerprint density at radius 1 is 1.09 bits per heavy atom. The Kier molecular flexibility index (Phi) is 7.06. The third-order valence-electron chi connectivity index (χ3n) is 6.25. The largest absolute Gasteiger partial charge is 0.481 e. The van der Waals surface area contributed by atoms with Crippen molar-refractivity contribution >= 4 is 11.8 Å². The molecule has 0 aliphatic carbocycles. The standard InChI is InChI=1S/C28H32N2O4/c1-19(2)27(31)30-15-14-21-12-13-23(17-25(21)26(30)22-9-6-5-7-10-22)34-20(3)28(32)29(4)18-24-11-8-16-33-24/h5-13,16-17,19-20,26H,14-15,18H2,1-4H3/t20-,26+/m0/s1. The zero-order valence-electron chi connectivity index (χ0n) is 20.2. The fourth-order valence-electron chi connectivity index (χ4n) is 4.51. The lowest BCUT2D eigenvalue weighted by Gasteiger charge is -2.39. The molecular weight excluding hydrogens is 428 g/mol. The van der Waals surface area contributed by atoms with Crippen molar-refractivity contribution in [2.45, 2.75) is 45.9 Å². The number of benzene rings is 2. The average Bonchev–Trinajstić information content (AvgIpc) is 3.35. The van der Waals surface area contributed by atoms with Crippen LogP contribution in [-0.4, -0.2) is 41.3 Å². The summed E-state index contributed by atoms with van der Waals surface area (Å²) >= 11 is 0. The van der Waals surface area contributed by atoms with Crippen LogP contribution < -0.4 is 4.74 Å². The second kappa shape index (κ2) is 10.2. The molecule has 6 nitrogen and oxygen atoms in total. The summed E-state index contributed by atoms with van der Waals surface area (Å²) in [6, 6.07) is 19.5. The molecule has 0 spiro atoms. The molecule has 3 aromatic rings. The predicted molar refractivity (Wildman–Crippen MR) is 130 cm³/mol. The van der Waals surface area contributed by atoms with E-state index in [-0.39, 0.29) is 23.8 Å². The van der Waals surface area contributed by atoms with E-state index in [1.54, 1.807) is 31.2 Å². The van der Waals surface area contributed by atoms with Gasteiger partial charge in [0.2, 0.25) is 5.91 Å². The zero-order valence-corrected chi connectivity index (χ0v) is 20.2. The van der Waals surface area contributed by atoms with Crippen LogP contribution in [0.25, 0.3) is 0 Å². The van der Waals surface area contributed by atoms with Gasteiger partial charge in [0, 0.05) is 19.5 Å². The number of amides is 2. The maximum Gasteiger partial charge on any atom is 0.263 e. The number of ether oxygens (including phenoxy) is 1. The first kappa shape index (κ1) is 23.6. The summed E-state index contributed by atoms with van der Waals surface area (Å²) in [6.45, 7) is 6.68. The van der Waals surface area contributed by atoms with E-state index in [1.807, 2.05) is 55.1 Å². The highest BCUT2D eigenvalue weighted by Crippen LogP contribution is 2.38. The van der Waals surface area contributed by atoms with Crippen molar-refractivity contribution in [2.75, 3.05) is 13.6 Å². The number of furan rings is 1. The molecule has 2 aromatic carbocycles. The van der Waals surface area contributed by atoms with E-state index >= 15 is 0 Å². The molecule has 178 valence electrons. The van der Waals surface area contributed by atoms with Gasteiger partial charge in [-0.2, -0.15) is 0 Å². The van der Waals surface area contributed by atoms with Crippen LogP contribution in [-0.2, 0) is 22.6 Å². The molecule has 1 aliphatic rings. The molecule has 4 rings (SSSR count). The van der Waals surface area contributed by atoms with Gasteiger partial charge in [-0.05, 0) is 54.3 Å². The van der Waals surface area contributed by atoms with Crippen LogP contribution >= 0.6 is 0 Å². The molecule has 1 aliphatic heterocycles. The number of fused-ring (bicyclic) bond motifs is 1. The van der Waals surface area contributed by atoms with Gasteiger partial charge >= 0.3 is 0 Å². The van der Waals surface area contributed by atoms with Gasteiger partial charge in [-0.3, -0.25) is 9.59 Å². The summed E-state index contributed by atoms with van der Waals surface area (Å²) in [6.07, 6.45) is 1.72. The zero-order chi connectivity index (χ0) is 24.2. The molecule has 0 bridgehead atoms. The maximum atomic E-state index is 13.1. The van der Waals surface area contributed by atoms with Crippen molar-refractivity contribution in [1.29, 1.82) is 0 Å². The smallest absolute Gasteiger partial charge is 0.263 e. The van der Waals surface area contributed by atoms with Crippen LogP contribution in [0.2, 0.25) is 0 Å². The van der Waals surface area contributed by atoms with Crippen LogP contribution in [0.1, 0.15) is 49.3 Å². The quantitative estimate of drug-likeness (QED) is 0.506. The number of likely N-dealkylation sites (N-methyl/N-ethyl adjacent to an activating group) is 1. The number of hydrogen-bond acceptors (Lipinski definition) is 4. The van der Waals surface area contributed by atoms with Gasteiger partial charge in [0.1, 0.15) is 11.5 Å². The molecule has 2 atom stereocenters. The number of nitrogens with zero attached hydrogens (tertiary/aromatic N) is 2. The fraction of sp³-hybridized carbons (Fsp3) is 0.357. The molecule has 34 heavy (non-hydrogen) atoms. The molecule has 0 fully saturated rings. The van der Waals surface area contributed by atoms with E-state index in [4.69, 9.17) is 9.15 Å². The van der Waals surface area contributed by atoms with Gasteiger partial charge in [0.05, 0.1) is 18.8 Å². The molecule has 0 N–H and O–H groups in total. The first-order valence-corrected chi connectivity index (χ1v) is 11.8. The van der Waals surface area contributed by atoms with E-state index in [0.717, 1.165) is 23.3 Å². The monoisotopic (exact) mass is 460 g/mol. The highest BCUT2D eigenvalue weighted by atomic mass is 16.5. The molecule has 2 heterocycles. The lowest BCUT2D eigenvalue weighted by atomic mass is 9.87. The summed E-state index contributed by atoms with van der Waals surface area (Å²) in [5.41, 5.74) is 3.31. The van der Waals surface area contributed by atoms with Crippen molar-refractivity contribution in [1.82, 2.24) is 9.80 Å². The molecule has 0 radical (unpaired) electrons. The Labute approximate surface area is 201 Å². The highest BCUT2D eigenvalue weighted by molar-refractivity contribution is 5.81. The third-order valence-corrected chi connectivity index (χ3v) is 6.25. The summed E-state index contributed by atoms with van der Waals surface area (Å²) < 4.78 is 11.4. The van der Waals surface area contributed by atoms with Crippen molar-refractivity contribution < 1.29 is 18.7 Å². The molecule has 1 aromatic heterocycles. The Morgan fingerprint density at radius 2 is 1.85 bits per heavy atom. The van der Waals surface area contributed by atoms with Gasteiger partial charge in [-0.1, -0.05) is 50.2 Å². The van der Waals surface area contributed by atoms with Gasteiger partial charge in [0.25, 0.3) is 5.91 Å². The van der Waals surface area contributed by atoms with Crippen molar-refractivity contribution in [3.05, 3.63) is 89.4 Å². The normalized spacial score (nSPS) is 16.1. The van der Waals surface area contributed by atoms with E-state index in [2.05, 4.69) is 18.2 Å². The van der Waals surface area contributed by atoms with E-state index < -0.39 is 6.10 Å². The summed E-state index contributed by atoms with van der Waals surface area (Å²) in [7, 11) is 1.73. The van der Waals surface area contributed by atoms with Crippen LogP contribution in [0, 0.1) is 5.92 Å². The van der Waals surface area contributed by atoms with Crippen molar-refractivity contribution in [3.8, 4) is 5.75 Å². The minimum atomic E-state index is -0.662. The number of rotatable bonds is 7. The van der Waals surface area contributed by atoms with Crippen LogP contribution in [0.15, 0.2) is 71.3 Å². The predicted octanol–water partition coefficient (Wildman–Crippen LogP) is 4.84. The number of hydrogen-bond donors (Lipinski definition) is 0. The van der Waals surface area contributed by atoms with Crippen molar-refractivity contribution in [2.24, 2.45) is 5.92 Å².